The Kier molecular flexibility index (Phi) is 5.30. The number of nitrogens with zero attached hydrogens (tertiary/aromatic N) is 5. The van der Waals surface area contributed by atoms with E-state index in [1.54, 1.807) is 6.33 Å². The molecule has 0 radical (unpaired) electrons. The molecule has 0 saturated carbocycles. The van der Waals surface area contributed by atoms with Gasteiger partial charge in [-0.3, -0.25) is 0 Å². The molecule has 2 aromatic carbocycles. The van der Waals surface area contributed by atoms with Crippen LogP contribution in [0.2, 0.25) is 0 Å². The van der Waals surface area contributed by atoms with E-state index in [2.05, 4.69) is 69.7 Å². The highest BCUT2D eigenvalue weighted by Crippen LogP contribution is 2.21. The van der Waals surface area contributed by atoms with E-state index in [-0.39, 0.29) is 0 Å². The molecule has 0 aliphatic rings. The van der Waals surface area contributed by atoms with Crippen LogP contribution in [0.25, 0.3) is 16.7 Å². The van der Waals surface area contributed by atoms with Crippen LogP contribution in [0.3, 0.4) is 0 Å². The van der Waals surface area contributed by atoms with Gasteiger partial charge in [0.25, 0.3) is 0 Å². The van der Waals surface area contributed by atoms with Crippen LogP contribution in [-0.4, -0.2) is 51.3 Å². The van der Waals surface area contributed by atoms with Gasteiger partial charge in [-0.15, -0.1) is 0 Å². The van der Waals surface area contributed by atoms with Gasteiger partial charge in [-0.25, -0.2) is 14.6 Å². The first-order valence-electron chi connectivity index (χ1n) is 9.41. The van der Waals surface area contributed by atoms with Crippen molar-refractivity contribution in [1.29, 1.82) is 0 Å². The van der Waals surface area contributed by atoms with Crippen LogP contribution in [0.5, 0.6) is 0 Å². The molecule has 0 amide bonds. The van der Waals surface area contributed by atoms with Crippen LogP contribution in [0.1, 0.15) is 5.56 Å². The van der Waals surface area contributed by atoms with E-state index in [1.807, 2.05) is 41.2 Å². The van der Waals surface area contributed by atoms with E-state index in [0.29, 0.717) is 6.04 Å². The maximum Gasteiger partial charge on any atom is 0.168 e. The molecular weight excluding hydrogens is 348 g/mol. The molecule has 0 aliphatic heterocycles. The molecule has 4 aromatic rings. The second-order valence-electron chi connectivity index (χ2n) is 7.04. The summed E-state index contributed by atoms with van der Waals surface area (Å²) < 4.78 is 1.84. The van der Waals surface area contributed by atoms with Crippen LogP contribution in [0.4, 0.5) is 5.82 Å². The van der Waals surface area contributed by atoms with Crippen molar-refractivity contribution < 1.29 is 0 Å². The second kappa shape index (κ2) is 8.19. The Bertz CT molecular complexity index is 1030. The maximum atomic E-state index is 4.52. The third kappa shape index (κ3) is 3.87. The zero-order chi connectivity index (χ0) is 19.3. The molecule has 0 spiro atoms. The molecule has 142 valence electrons. The number of hydrogen-bond acceptors (Lipinski definition) is 5. The first-order valence-corrected chi connectivity index (χ1v) is 9.41. The fraction of sp³-hybridized carbons (Fsp3) is 0.227. The summed E-state index contributed by atoms with van der Waals surface area (Å²) in [5, 5.41) is 8.95. The van der Waals surface area contributed by atoms with Gasteiger partial charge in [-0.05, 0) is 38.2 Å². The third-order valence-corrected chi connectivity index (χ3v) is 4.92. The molecule has 6 heteroatoms. The van der Waals surface area contributed by atoms with E-state index in [1.165, 1.54) is 5.56 Å². The first kappa shape index (κ1) is 18.1. The molecule has 1 N–H and O–H groups in total. The molecule has 0 saturated heterocycles. The lowest BCUT2D eigenvalue weighted by molar-refractivity contribution is 0.303. The highest BCUT2D eigenvalue weighted by Gasteiger charge is 2.15. The van der Waals surface area contributed by atoms with Crippen LogP contribution < -0.4 is 5.32 Å². The van der Waals surface area contributed by atoms with Crippen molar-refractivity contribution in [1.82, 2.24) is 24.6 Å². The van der Waals surface area contributed by atoms with Gasteiger partial charge in [0.2, 0.25) is 0 Å². The van der Waals surface area contributed by atoms with Crippen molar-refractivity contribution in [2.24, 2.45) is 0 Å². The standard InChI is InChI=1S/C22H24N6/c1-27(2)19(13-17-9-5-3-6-10-17)14-23-21-20-15-26-28(22(20)25-16-24-21)18-11-7-4-8-12-18/h3-12,15-16,19H,13-14H2,1-2H3,(H,23,24,25)/t19-/m0/s1. The Balaban J connectivity index is 1.55. The van der Waals surface area contributed by atoms with Crippen LogP contribution in [0, 0.1) is 0 Å². The summed E-state index contributed by atoms with van der Waals surface area (Å²) in [6, 6.07) is 20.9. The summed E-state index contributed by atoms with van der Waals surface area (Å²) in [5.74, 6) is 0.812. The molecule has 2 aromatic heterocycles. The van der Waals surface area contributed by atoms with Crippen molar-refractivity contribution in [2.75, 3.05) is 26.0 Å². The van der Waals surface area contributed by atoms with Crippen molar-refractivity contribution in [3.8, 4) is 5.69 Å². The van der Waals surface area contributed by atoms with Crippen molar-refractivity contribution >= 4 is 16.9 Å². The van der Waals surface area contributed by atoms with Crippen molar-refractivity contribution in [3.63, 3.8) is 0 Å². The van der Waals surface area contributed by atoms with Gasteiger partial charge in [0.1, 0.15) is 12.1 Å². The van der Waals surface area contributed by atoms with E-state index in [4.69, 9.17) is 0 Å². The maximum absolute atomic E-state index is 4.52. The van der Waals surface area contributed by atoms with Gasteiger partial charge in [-0.2, -0.15) is 5.10 Å². The second-order valence-corrected chi connectivity index (χ2v) is 7.04. The van der Waals surface area contributed by atoms with E-state index < -0.39 is 0 Å². The highest BCUT2D eigenvalue weighted by molar-refractivity contribution is 5.87. The molecule has 1 atom stereocenters. The van der Waals surface area contributed by atoms with E-state index in [9.17, 15) is 0 Å². The zero-order valence-electron chi connectivity index (χ0n) is 16.2. The minimum Gasteiger partial charge on any atom is -0.368 e. The van der Waals surface area contributed by atoms with Crippen molar-refractivity contribution in [2.45, 2.75) is 12.5 Å². The molecule has 28 heavy (non-hydrogen) atoms. The van der Waals surface area contributed by atoms with Gasteiger partial charge in [0, 0.05) is 12.6 Å². The number of benzene rings is 2. The molecule has 0 aliphatic carbocycles. The van der Waals surface area contributed by atoms with Crippen molar-refractivity contribution in [3.05, 3.63) is 78.8 Å². The number of hydrogen-bond donors (Lipinski definition) is 1. The van der Waals surface area contributed by atoms with Gasteiger partial charge < -0.3 is 10.2 Å². The SMILES string of the molecule is CN(C)[C@H](CNc1ncnc2c1cnn2-c1ccccc1)Cc1ccccc1. The monoisotopic (exact) mass is 372 g/mol. The predicted molar refractivity (Wildman–Crippen MR) is 113 cm³/mol. The Hall–Kier alpha value is -3.25. The summed E-state index contributed by atoms with van der Waals surface area (Å²) in [6.45, 7) is 0.782. The molecular formula is C22H24N6. The lowest BCUT2D eigenvalue weighted by Crippen LogP contribution is -2.36. The highest BCUT2D eigenvalue weighted by atomic mass is 15.3. The number of nitrogens with one attached hydrogen (secondary N) is 1. The summed E-state index contributed by atoms with van der Waals surface area (Å²) >= 11 is 0. The lowest BCUT2D eigenvalue weighted by Gasteiger charge is -2.25. The summed E-state index contributed by atoms with van der Waals surface area (Å²) in [7, 11) is 4.22. The largest absolute Gasteiger partial charge is 0.368 e. The fourth-order valence-corrected chi connectivity index (χ4v) is 3.28. The van der Waals surface area contributed by atoms with Crippen LogP contribution in [-0.2, 0) is 6.42 Å². The van der Waals surface area contributed by atoms with E-state index in [0.717, 1.165) is 35.5 Å². The Morgan fingerprint density at radius 3 is 2.39 bits per heavy atom. The zero-order valence-corrected chi connectivity index (χ0v) is 16.2. The summed E-state index contributed by atoms with van der Waals surface area (Å²) in [5.41, 5.74) is 3.11. The van der Waals surface area contributed by atoms with Crippen LogP contribution >= 0.6 is 0 Å². The Labute approximate surface area is 164 Å². The summed E-state index contributed by atoms with van der Waals surface area (Å²) in [4.78, 5) is 11.1. The lowest BCUT2D eigenvalue weighted by atomic mass is 10.1. The Morgan fingerprint density at radius 1 is 0.964 bits per heavy atom. The normalized spacial score (nSPS) is 12.4. The summed E-state index contributed by atoms with van der Waals surface area (Å²) in [6.07, 6.45) is 4.39. The van der Waals surface area contributed by atoms with Gasteiger partial charge >= 0.3 is 0 Å². The number of likely N-dealkylation sites (N-methyl/N-ethyl adjacent to an activating group) is 1. The smallest absolute Gasteiger partial charge is 0.168 e. The third-order valence-electron chi connectivity index (χ3n) is 4.92. The van der Waals surface area contributed by atoms with E-state index >= 15 is 0 Å². The number of rotatable bonds is 7. The number of fused-ring (bicyclic) bond motifs is 1. The molecule has 6 nitrogen and oxygen atoms in total. The average Bonchev–Trinajstić information content (AvgIpc) is 3.17. The Morgan fingerprint density at radius 2 is 1.68 bits per heavy atom. The molecule has 4 rings (SSSR count). The average molecular weight is 372 g/mol. The molecule has 2 heterocycles. The predicted octanol–water partition coefficient (Wildman–Crippen LogP) is 3.40. The topological polar surface area (TPSA) is 58.9 Å². The number of aromatic nitrogens is 4. The molecule has 0 bridgehead atoms. The van der Waals surface area contributed by atoms with Gasteiger partial charge in [0.15, 0.2) is 5.65 Å². The molecule has 0 unspecified atom stereocenters. The van der Waals surface area contributed by atoms with Gasteiger partial charge in [-0.1, -0.05) is 48.5 Å². The van der Waals surface area contributed by atoms with Crippen LogP contribution in [0.15, 0.2) is 73.2 Å². The first-order chi connectivity index (χ1) is 13.7. The quantitative estimate of drug-likeness (QED) is 0.539. The molecule has 0 fully saturated rings. The minimum atomic E-state index is 0.344. The minimum absolute atomic E-state index is 0.344. The number of para-hydroxylation sites is 1. The number of anilines is 1. The fourth-order valence-electron chi connectivity index (χ4n) is 3.28. The van der Waals surface area contributed by atoms with Gasteiger partial charge in [0.05, 0.1) is 17.3 Å².